The number of likely N-dealkylation sites (tertiary alicyclic amines) is 1. The standard InChI is InChI=1S/C19H21Br2N3O/c20-15-6-7-17(21)18(12-15)23-19(25)22-16-8-10-24(11-9-16)13-14-4-2-1-3-5-14/h1-7,12,16H,8-11,13H2,(H2,22,23,25). The first kappa shape index (κ1) is 18.4. The van der Waals surface area contributed by atoms with Crippen LogP contribution in [0, 0.1) is 0 Å². The quantitative estimate of drug-likeness (QED) is 0.665. The van der Waals surface area contributed by atoms with Gasteiger partial charge >= 0.3 is 6.03 Å². The molecule has 0 spiro atoms. The molecule has 3 rings (SSSR count). The number of nitrogens with one attached hydrogen (secondary N) is 2. The minimum Gasteiger partial charge on any atom is -0.335 e. The van der Waals surface area contributed by atoms with Crippen LogP contribution >= 0.6 is 31.9 Å². The van der Waals surface area contributed by atoms with E-state index in [9.17, 15) is 4.79 Å². The highest BCUT2D eigenvalue weighted by molar-refractivity contribution is 9.11. The van der Waals surface area contributed by atoms with Crippen molar-refractivity contribution >= 4 is 43.6 Å². The van der Waals surface area contributed by atoms with Crippen molar-refractivity contribution in [2.24, 2.45) is 0 Å². The largest absolute Gasteiger partial charge is 0.335 e. The van der Waals surface area contributed by atoms with Gasteiger partial charge in [-0.1, -0.05) is 46.3 Å². The van der Waals surface area contributed by atoms with Gasteiger partial charge in [-0.2, -0.15) is 0 Å². The number of hydrogen-bond donors (Lipinski definition) is 2. The maximum atomic E-state index is 12.2. The Labute approximate surface area is 165 Å². The fourth-order valence-electron chi connectivity index (χ4n) is 3.01. The summed E-state index contributed by atoms with van der Waals surface area (Å²) < 4.78 is 1.80. The Morgan fingerprint density at radius 3 is 2.52 bits per heavy atom. The molecule has 6 heteroatoms. The predicted molar refractivity (Wildman–Crippen MR) is 109 cm³/mol. The van der Waals surface area contributed by atoms with E-state index < -0.39 is 0 Å². The Kier molecular flexibility index (Phi) is 6.51. The summed E-state index contributed by atoms with van der Waals surface area (Å²) in [4.78, 5) is 14.7. The highest BCUT2D eigenvalue weighted by atomic mass is 79.9. The van der Waals surface area contributed by atoms with E-state index >= 15 is 0 Å². The number of nitrogens with zero attached hydrogens (tertiary/aromatic N) is 1. The van der Waals surface area contributed by atoms with Gasteiger partial charge in [0.2, 0.25) is 0 Å². The van der Waals surface area contributed by atoms with Crippen molar-refractivity contribution in [3.05, 3.63) is 63.0 Å². The highest BCUT2D eigenvalue weighted by Gasteiger charge is 2.21. The summed E-state index contributed by atoms with van der Waals surface area (Å²) in [6, 6.07) is 16.3. The Hall–Kier alpha value is -1.37. The fourth-order valence-corrected chi connectivity index (χ4v) is 3.72. The third-order valence-corrected chi connectivity index (χ3v) is 5.53. The normalized spacial score (nSPS) is 15.8. The van der Waals surface area contributed by atoms with Gasteiger partial charge in [-0.25, -0.2) is 4.79 Å². The molecule has 0 aromatic heterocycles. The Balaban J connectivity index is 1.45. The number of carbonyl (C=O) groups excluding carboxylic acids is 1. The lowest BCUT2D eigenvalue weighted by atomic mass is 10.0. The van der Waals surface area contributed by atoms with Crippen LogP contribution in [0.25, 0.3) is 0 Å². The zero-order chi connectivity index (χ0) is 17.6. The second-order valence-corrected chi connectivity index (χ2v) is 8.03. The molecule has 1 aliphatic heterocycles. The van der Waals surface area contributed by atoms with Gasteiger partial charge in [0, 0.05) is 34.6 Å². The first-order valence-electron chi connectivity index (χ1n) is 8.39. The van der Waals surface area contributed by atoms with Crippen molar-refractivity contribution in [2.75, 3.05) is 18.4 Å². The molecule has 1 saturated heterocycles. The van der Waals surface area contributed by atoms with E-state index in [0.29, 0.717) is 0 Å². The molecule has 4 nitrogen and oxygen atoms in total. The van der Waals surface area contributed by atoms with Gasteiger partial charge in [0.1, 0.15) is 0 Å². The van der Waals surface area contributed by atoms with Crippen LogP contribution in [0.2, 0.25) is 0 Å². The molecule has 25 heavy (non-hydrogen) atoms. The van der Waals surface area contributed by atoms with Crippen LogP contribution in [-0.4, -0.2) is 30.1 Å². The maximum Gasteiger partial charge on any atom is 0.319 e. The van der Waals surface area contributed by atoms with Gasteiger partial charge in [0.25, 0.3) is 0 Å². The molecule has 0 bridgehead atoms. The van der Waals surface area contributed by atoms with E-state index in [2.05, 4.69) is 71.7 Å². The number of anilines is 1. The van der Waals surface area contributed by atoms with Gasteiger partial charge < -0.3 is 10.6 Å². The predicted octanol–water partition coefficient (Wildman–Crippen LogP) is 5.00. The van der Waals surface area contributed by atoms with Gasteiger partial charge in [0.05, 0.1) is 5.69 Å². The molecule has 0 unspecified atom stereocenters. The number of benzene rings is 2. The first-order chi connectivity index (χ1) is 12.1. The third kappa shape index (κ3) is 5.56. The monoisotopic (exact) mass is 465 g/mol. The summed E-state index contributed by atoms with van der Waals surface area (Å²) in [6.07, 6.45) is 1.94. The lowest BCUT2D eigenvalue weighted by Gasteiger charge is -2.32. The molecule has 2 N–H and O–H groups in total. The second kappa shape index (κ2) is 8.83. The second-order valence-electron chi connectivity index (χ2n) is 6.26. The summed E-state index contributed by atoms with van der Waals surface area (Å²) in [5.74, 6) is 0. The summed E-state index contributed by atoms with van der Waals surface area (Å²) in [5.41, 5.74) is 2.10. The lowest BCUT2D eigenvalue weighted by molar-refractivity contribution is 0.190. The van der Waals surface area contributed by atoms with Crippen molar-refractivity contribution < 1.29 is 4.79 Å². The van der Waals surface area contributed by atoms with Crippen molar-refractivity contribution in [1.29, 1.82) is 0 Å². The Bertz CT molecular complexity index is 716. The third-order valence-electron chi connectivity index (χ3n) is 4.35. The van der Waals surface area contributed by atoms with Crippen LogP contribution < -0.4 is 10.6 Å². The lowest BCUT2D eigenvalue weighted by Crippen LogP contribution is -2.45. The van der Waals surface area contributed by atoms with Crippen molar-refractivity contribution in [1.82, 2.24) is 10.2 Å². The van der Waals surface area contributed by atoms with Crippen LogP contribution in [0.1, 0.15) is 18.4 Å². The smallest absolute Gasteiger partial charge is 0.319 e. The van der Waals surface area contributed by atoms with Gasteiger partial charge in [-0.15, -0.1) is 0 Å². The molecule has 2 aromatic carbocycles. The molecule has 0 saturated carbocycles. The number of amides is 2. The van der Waals surface area contributed by atoms with Gasteiger partial charge in [0.15, 0.2) is 0 Å². The van der Waals surface area contributed by atoms with Crippen LogP contribution in [-0.2, 0) is 6.54 Å². The number of urea groups is 1. The average molecular weight is 467 g/mol. The van der Waals surface area contributed by atoms with Crippen molar-refractivity contribution in [3.63, 3.8) is 0 Å². The molecule has 2 aromatic rings. The van der Waals surface area contributed by atoms with Gasteiger partial charge in [-0.05, 0) is 52.5 Å². The molecule has 2 amide bonds. The number of piperidine rings is 1. The minimum atomic E-state index is -0.152. The number of rotatable bonds is 4. The molecular formula is C19H21Br2N3O. The molecule has 0 aliphatic carbocycles. The van der Waals surface area contributed by atoms with E-state index in [1.807, 2.05) is 24.3 Å². The highest BCUT2D eigenvalue weighted by Crippen LogP contribution is 2.26. The number of hydrogen-bond acceptors (Lipinski definition) is 2. The van der Waals surface area contributed by atoms with Crippen LogP contribution in [0.15, 0.2) is 57.5 Å². The van der Waals surface area contributed by atoms with Crippen LogP contribution in [0.4, 0.5) is 10.5 Å². The molecule has 132 valence electrons. The topological polar surface area (TPSA) is 44.4 Å². The molecule has 0 radical (unpaired) electrons. The molecule has 1 fully saturated rings. The first-order valence-corrected chi connectivity index (χ1v) is 9.97. The molecule has 0 atom stereocenters. The van der Waals surface area contributed by atoms with Crippen LogP contribution in [0.5, 0.6) is 0 Å². The zero-order valence-corrected chi connectivity index (χ0v) is 17.0. The van der Waals surface area contributed by atoms with E-state index in [0.717, 1.165) is 47.1 Å². The molecule has 1 heterocycles. The summed E-state index contributed by atoms with van der Waals surface area (Å²) in [7, 11) is 0. The van der Waals surface area contributed by atoms with E-state index in [1.54, 1.807) is 0 Å². The summed E-state index contributed by atoms with van der Waals surface area (Å²) in [5, 5.41) is 5.99. The summed E-state index contributed by atoms with van der Waals surface area (Å²) >= 11 is 6.87. The van der Waals surface area contributed by atoms with Crippen molar-refractivity contribution in [2.45, 2.75) is 25.4 Å². The average Bonchev–Trinajstić information content (AvgIpc) is 2.61. The molecule has 1 aliphatic rings. The fraction of sp³-hybridized carbons (Fsp3) is 0.316. The summed E-state index contributed by atoms with van der Waals surface area (Å²) in [6.45, 7) is 2.98. The maximum absolute atomic E-state index is 12.2. The molecular weight excluding hydrogens is 446 g/mol. The van der Waals surface area contributed by atoms with Crippen molar-refractivity contribution in [3.8, 4) is 0 Å². The van der Waals surface area contributed by atoms with E-state index in [4.69, 9.17) is 0 Å². The Morgan fingerprint density at radius 1 is 1.08 bits per heavy atom. The SMILES string of the molecule is O=C(Nc1cc(Br)ccc1Br)NC1CCN(Cc2ccccc2)CC1. The number of halogens is 2. The Morgan fingerprint density at radius 2 is 1.80 bits per heavy atom. The van der Waals surface area contributed by atoms with Crippen LogP contribution in [0.3, 0.4) is 0 Å². The van der Waals surface area contributed by atoms with E-state index in [-0.39, 0.29) is 12.1 Å². The van der Waals surface area contributed by atoms with Gasteiger partial charge in [-0.3, -0.25) is 4.90 Å². The number of carbonyl (C=O) groups is 1. The minimum absolute atomic E-state index is 0.152. The zero-order valence-electron chi connectivity index (χ0n) is 13.8. The van der Waals surface area contributed by atoms with E-state index in [1.165, 1.54) is 5.56 Å².